The quantitative estimate of drug-likeness (QED) is 0.800. The molecule has 1 aromatic carbocycles. The molecule has 0 saturated heterocycles. The fraction of sp³-hybridized carbons (Fsp3) is 0.588. The van der Waals surface area contributed by atoms with Crippen molar-refractivity contribution in [1.82, 2.24) is 9.55 Å². The van der Waals surface area contributed by atoms with E-state index in [-0.39, 0.29) is 0 Å². The summed E-state index contributed by atoms with van der Waals surface area (Å²) in [6, 6.07) is 6.69. The van der Waals surface area contributed by atoms with Crippen LogP contribution in [0.5, 0.6) is 5.75 Å². The zero-order valence-corrected chi connectivity index (χ0v) is 13.9. The summed E-state index contributed by atoms with van der Waals surface area (Å²) in [5.41, 5.74) is 2.20. The lowest BCUT2D eigenvalue weighted by molar-refractivity contribution is 0.186. The highest BCUT2D eigenvalue weighted by molar-refractivity contribution is 7.71. The van der Waals surface area contributed by atoms with Gasteiger partial charge in [-0.15, -0.1) is 0 Å². The van der Waals surface area contributed by atoms with Crippen LogP contribution in [0.2, 0.25) is 0 Å². The topological polar surface area (TPSA) is 29.9 Å². The SMILES string of the molecule is COc1cccc2c1[nH]c(=S)n2C1CCCCC1C(C)C. The Labute approximate surface area is 131 Å². The highest BCUT2D eigenvalue weighted by Crippen LogP contribution is 2.40. The van der Waals surface area contributed by atoms with Crippen LogP contribution in [0.4, 0.5) is 0 Å². The fourth-order valence-corrected chi connectivity index (χ4v) is 4.20. The van der Waals surface area contributed by atoms with Crippen LogP contribution in [0.15, 0.2) is 18.2 Å². The molecule has 1 aromatic heterocycles. The molecule has 0 spiro atoms. The number of aromatic nitrogens is 2. The minimum Gasteiger partial charge on any atom is -0.494 e. The maximum atomic E-state index is 5.63. The van der Waals surface area contributed by atoms with Crippen molar-refractivity contribution in [3.63, 3.8) is 0 Å². The van der Waals surface area contributed by atoms with Gasteiger partial charge in [-0.2, -0.15) is 0 Å². The van der Waals surface area contributed by atoms with Crippen molar-refractivity contribution in [2.45, 2.75) is 45.6 Å². The van der Waals surface area contributed by atoms with E-state index in [1.54, 1.807) is 7.11 Å². The Bertz CT molecular complexity index is 686. The Morgan fingerprint density at radius 1 is 1.29 bits per heavy atom. The van der Waals surface area contributed by atoms with E-state index in [2.05, 4.69) is 29.5 Å². The molecule has 2 aromatic rings. The summed E-state index contributed by atoms with van der Waals surface area (Å²) < 4.78 is 8.64. The lowest BCUT2D eigenvalue weighted by atomic mass is 9.77. The zero-order valence-electron chi connectivity index (χ0n) is 13.1. The predicted octanol–water partition coefficient (Wildman–Crippen LogP) is 5.09. The van der Waals surface area contributed by atoms with Crippen LogP contribution in [0, 0.1) is 16.6 Å². The molecule has 1 fully saturated rings. The largest absolute Gasteiger partial charge is 0.494 e. The molecule has 0 bridgehead atoms. The lowest BCUT2D eigenvalue weighted by Crippen LogP contribution is -2.27. The number of hydrogen-bond donors (Lipinski definition) is 1. The summed E-state index contributed by atoms with van der Waals surface area (Å²) >= 11 is 5.63. The third-order valence-electron chi connectivity index (χ3n) is 4.90. The number of imidazole rings is 1. The summed E-state index contributed by atoms with van der Waals surface area (Å²) in [7, 11) is 1.71. The van der Waals surface area contributed by atoms with E-state index in [0.29, 0.717) is 17.9 Å². The van der Waals surface area contributed by atoms with Crippen molar-refractivity contribution >= 4 is 23.3 Å². The zero-order chi connectivity index (χ0) is 15.0. The van der Waals surface area contributed by atoms with Gasteiger partial charge in [0.2, 0.25) is 0 Å². The molecular formula is C17H24N2OS. The van der Waals surface area contributed by atoms with Crippen molar-refractivity contribution in [3.05, 3.63) is 23.0 Å². The third kappa shape index (κ3) is 2.50. The number of fused-ring (bicyclic) bond motifs is 1. The molecule has 4 heteroatoms. The molecule has 1 aliphatic carbocycles. The number of para-hydroxylation sites is 1. The van der Waals surface area contributed by atoms with Crippen LogP contribution in [-0.2, 0) is 0 Å². The first-order valence-electron chi connectivity index (χ1n) is 7.90. The van der Waals surface area contributed by atoms with Crippen molar-refractivity contribution in [2.24, 2.45) is 11.8 Å². The molecule has 21 heavy (non-hydrogen) atoms. The van der Waals surface area contributed by atoms with Gasteiger partial charge in [-0.3, -0.25) is 0 Å². The fourth-order valence-electron chi connectivity index (χ4n) is 3.86. The van der Waals surface area contributed by atoms with E-state index in [4.69, 9.17) is 17.0 Å². The molecule has 1 aliphatic rings. The highest BCUT2D eigenvalue weighted by atomic mass is 32.1. The molecule has 3 nitrogen and oxygen atoms in total. The molecule has 1 N–H and O–H groups in total. The van der Waals surface area contributed by atoms with Crippen molar-refractivity contribution in [3.8, 4) is 5.75 Å². The van der Waals surface area contributed by atoms with Crippen LogP contribution in [0.3, 0.4) is 0 Å². The third-order valence-corrected chi connectivity index (χ3v) is 5.20. The minimum absolute atomic E-state index is 0.507. The van der Waals surface area contributed by atoms with Crippen LogP contribution in [-0.4, -0.2) is 16.7 Å². The first-order chi connectivity index (χ1) is 10.1. The summed E-state index contributed by atoms with van der Waals surface area (Å²) in [6.07, 6.45) is 5.17. The van der Waals surface area contributed by atoms with Crippen LogP contribution in [0.1, 0.15) is 45.6 Å². The number of H-pyrrole nitrogens is 1. The number of hydrogen-bond acceptors (Lipinski definition) is 2. The summed E-state index contributed by atoms with van der Waals surface area (Å²) in [5, 5.41) is 0. The first-order valence-corrected chi connectivity index (χ1v) is 8.31. The van der Waals surface area contributed by atoms with Gasteiger partial charge in [-0.05, 0) is 49.0 Å². The van der Waals surface area contributed by atoms with Gasteiger partial charge in [0.05, 0.1) is 12.6 Å². The average Bonchev–Trinajstić information content (AvgIpc) is 2.82. The number of benzene rings is 1. The van der Waals surface area contributed by atoms with Gasteiger partial charge < -0.3 is 14.3 Å². The molecule has 1 heterocycles. The van der Waals surface area contributed by atoms with Gasteiger partial charge >= 0.3 is 0 Å². The molecule has 0 radical (unpaired) electrons. The van der Waals surface area contributed by atoms with E-state index < -0.39 is 0 Å². The van der Waals surface area contributed by atoms with E-state index in [0.717, 1.165) is 16.0 Å². The van der Waals surface area contributed by atoms with Crippen molar-refractivity contribution in [2.75, 3.05) is 7.11 Å². The van der Waals surface area contributed by atoms with Crippen molar-refractivity contribution in [1.29, 1.82) is 0 Å². The van der Waals surface area contributed by atoms with Gasteiger partial charge in [0, 0.05) is 6.04 Å². The standard InChI is InChI=1S/C17H24N2OS/c1-11(2)12-7-4-5-8-13(12)19-14-9-6-10-15(20-3)16(14)18-17(19)21/h6,9-13H,4-5,7-8H2,1-3H3,(H,18,21). The number of nitrogens with zero attached hydrogens (tertiary/aromatic N) is 1. The van der Waals surface area contributed by atoms with Crippen LogP contribution < -0.4 is 4.74 Å². The molecule has 0 amide bonds. The molecule has 2 atom stereocenters. The Balaban J connectivity index is 2.15. The van der Waals surface area contributed by atoms with Crippen molar-refractivity contribution < 1.29 is 4.74 Å². The Hall–Kier alpha value is -1.29. The van der Waals surface area contributed by atoms with E-state index >= 15 is 0 Å². The molecule has 2 unspecified atom stereocenters. The smallest absolute Gasteiger partial charge is 0.178 e. The Kier molecular flexibility index (Phi) is 4.07. The van der Waals surface area contributed by atoms with Crippen LogP contribution >= 0.6 is 12.2 Å². The normalized spacial score (nSPS) is 22.9. The molecule has 3 rings (SSSR count). The number of ether oxygens (including phenoxy) is 1. The molecule has 114 valence electrons. The molecular weight excluding hydrogens is 280 g/mol. The van der Waals surface area contributed by atoms with E-state index in [9.17, 15) is 0 Å². The minimum atomic E-state index is 0.507. The average molecular weight is 304 g/mol. The van der Waals surface area contributed by atoms with Gasteiger partial charge in [0.25, 0.3) is 0 Å². The lowest BCUT2D eigenvalue weighted by Gasteiger charge is -2.35. The second-order valence-corrected chi connectivity index (χ2v) is 6.80. The number of nitrogens with one attached hydrogen (secondary N) is 1. The number of aromatic amines is 1. The van der Waals surface area contributed by atoms with E-state index in [1.807, 2.05) is 12.1 Å². The van der Waals surface area contributed by atoms with Crippen LogP contribution in [0.25, 0.3) is 11.0 Å². The van der Waals surface area contributed by atoms with Gasteiger partial charge in [0.15, 0.2) is 4.77 Å². The second-order valence-electron chi connectivity index (χ2n) is 6.41. The van der Waals surface area contributed by atoms with E-state index in [1.165, 1.54) is 31.2 Å². The molecule has 0 aliphatic heterocycles. The molecule has 1 saturated carbocycles. The Morgan fingerprint density at radius 2 is 2.05 bits per heavy atom. The summed E-state index contributed by atoms with van der Waals surface area (Å²) in [4.78, 5) is 3.36. The number of rotatable bonds is 3. The summed E-state index contributed by atoms with van der Waals surface area (Å²) in [6.45, 7) is 4.67. The van der Waals surface area contributed by atoms with Gasteiger partial charge in [-0.25, -0.2) is 0 Å². The first kappa shape index (κ1) is 14.6. The van der Waals surface area contributed by atoms with Gasteiger partial charge in [-0.1, -0.05) is 32.8 Å². The maximum Gasteiger partial charge on any atom is 0.178 e. The monoisotopic (exact) mass is 304 g/mol. The number of methoxy groups -OCH3 is 1. The maximum absolute atomic E-state index is 5.63. The highest BCUT2D eigenvalue weighted by Gasteiger charge is 2.30. The van der Waals surface area contributed by atoms with Gasteiger partial charge in [0.1, 0.15) is 11.3 Å². The Morgan fingerprint density at radius 3 is 2.76 bits per heavy atom. The summed E-state index contributed by atoms with van der Waals surface area (Å²) in [5.74, 6) is 2.26. The predicted molar refractivity (Wildman–Crippen MR) is 89.5 cm³/mol. The second kappa shape index (κ2) is 5.84.